The van der Waals surface area contributed by atoms with E-state index in [2.05, 4.69) is 10.6 Å². The SMILES string of the molecule is CCN(CC)S(=O)(=O)c1cccc(C(=O)NC(C(=O)NC(C)(C)CC)C(C)C)c1. The first kappa shape index (κ1) is 25.1. The average molecular weight is 426 g/mol. The fourth-order valence-electron chi connectivity index (χ4n) is 2.77. The molecule has 1 aromatic carbocycles. The van der Waals surface area contributed by atoms with Crippen LogP contribution in [0, 0.1) is 5.92 Å². The molecule has 0 aromatic heterocycles. The van der Waals surface area contributed by atoms with Crippen LogP contribution in [0.5, 0.6) is 0 Å². The van der Waals surface area contributed by atoms with Crippen LogP contribution < -0.4 is 10.6 Å². The molecule has 2 amide bonds. The molecule has 164 valence electrons. The minimum absolute atomic E-state index is 0.0616. The van der Waals surface area contributed by atoms with Crippen LogP contribution in [0.25, 0.3) is 0 Å². The van der Waals surface area contributed by atoms with Gasteiger partial charge in [0.25, 0.3) is 5.91 Å². The maximum atomic E-state index is 12.8. The van der Waals surface area contributed by atoms with Gasteiger partial charge in [-0.3, -0.25) is 9.59 Å². The van der Waals surface area contributed by atoms with Crippen LogP contribution in [0.2, 0.25) is 0 Å². The predicted octanol–water partition coefficient (Wildman–Crippen LogP) is 2.78. The van der Waals surface area contributed by atoms with E-state index in [0.717, 1.165) is 6.42 Å². The van der Waals surface area contributed by atoms with Gasteiger partial charge in [-0.25, -0.2) is 8.42 Å². The summed E-state index contributed by atoms with van der Waals surface area (Å²) in [5, 5.41) is 5.71. The number of carbonyl (C=O) groups is 2. The molecule has 0 fully saturated rings. The van der Waals surface area contributed by atoms with Crippen molar-refractivity contribution < 1.29 is 18.0 Å². The van der Waals surface area contributed by atoms with Crippen LogP contribution in [0.1, 0.15) is 65.2 Å². The minimum Gasteiger partial charge on any atom is -0.349 e. The number of nitrogens with one attached hydrogen (secondary N) is 2. The Morgan fingerprint density at radius 3 is 2.17 bits per heavy atom. The van der Waals surface area contributed by atoms with Gasteiger partial charge in [0.2, 0.25) is 15.9 Å². The van der Waals surface area contributed by atoms with Crippen LogP contribution in [-0.2, 0) is 14.8 Å². The highest BCUT2D eigenvalue weighted by molar-refractivity contribution is 7.89. The lowest BCUT2D eigenvalue weighted by Crippen LogP contribution is -2.55. The highest BCUT2D eigenvalue weighted by Crippen LogP contribution is 2.17. The summed E-state index contributed by atoms with van der Waals surface area (Å²) in [5.74, 6) is -0.869. The second-order valence-corrected chi connectivity index (χ2v) is 9.98. The van der Waals surface area contributed by atoms with Crippen LogP contribution in [0.4, 0.5) is 0 Å². The normalized spacial score (nSPS) is 13.4. The standard InChI is InChI=1S/C21H35N3O4S/c1-8-21(6,7)23-20(26)18(15(4)5)22-19(25)16-12-11-13-17(14-16)29(27,28)24(9-2)10-3/h11-15,18H,8-10H2,1-7H3,(H,22,25)(H,23,26). The Labute approximate surface area is 175 Å². The van der Waals surface area contributed by atoms with E-state index in [1.54, 1.807) is 19.9 Å². The van der Waals surface area contributed by atoms with Crippen molar-refractivity contribution in [2.24, 2.45) is 5.92 Å². The van der Waals surface area contributed by atoms with E-state index in [0.29, 0.717) is 13.1 Å². The molecule has 0 aliphatic rings. The van der Waals surface area contributed by atoms with Crippen molar-refractivity contribution >= 4 is 21.8 Å². The Morgan fingerprint density at radius 1 is 1.10 bits per heavy atom. The van der Waals surface area contributed by atoms with Crippen molar-refractivity contribution in [3.63, 3.8) is 0 Å². The maximum Gasteiger partial charge on any atom is 0.251 e. The molecule has 7 nitrogen and oxygen atoms in total. The lowest BCUT2D eigenvalue weighted by Gasteiger charge is -2.29. The van der Waals surface area contributed by atoms with Gasteiger partial charge < -0.3 is 10.6 Å². The van der Waals surface area contributed by atoms with Crippen molar-refractivity contribution in [3.8, 4) is 0 Å². The molecule has 0 spiro atoms. The quantitative estimate of drug-likeness (QED) is 0.602. The Morgan fingerprint density at radius 2 is 1.69 bits per heavy atom. The van der Waals surface area contributed by atoms with Crippen molar-refractivity contribution in [1.82, 2.24) is 14.9 Å². The number of hydrogen-bond acceptors (Lipinski definition) is 4. The number of carbonyl (C=O) groups excluding carboxylic acids is 2. The van der Waals surface area contributed by atoms with Crippen LogP contribution in [0.15, 0.2) is 29.2 Å². The zero-order valence-corrected chi connectivity index (χ0v) is 19.4. The van der Waals surface area contributed by atoms with Crippen molar-refractivity contribution in [2.45, 2.75) is 71.4 Å². The van der Waals surface area contributed by atoms with E-state index in [4.69, 9.17) is 0 Å². The monoisotopic (exact) mass is 425 g/mol. The number of amides is 2. The van der Waals surface area contributed by atoms with Crippen molar-refractivity contribution in [2.75, 3.05) is 13.1 Å². The molecule has 1 unspecified atom stereocenters. The second kappa shape index (κ2) is 10.2. The van der Waals surface area contributed by atoms with Crippen molar-refractivity contribution in [3.05, 3.63) is 29.8 Å². The van der Waals surface area contributed by atoms with Gasteiger partial charge in [0.05, 0.1) is 4.90 Å². The van der Waals surface area contributed by atoms with Gasteiger partial charge in [0.15, 0.2) is 0 Å². The van der Waals surface area contributed by atoms with Gasteiger partial charge in [-0.2, -0.15) is 4.31 Å². The van der Waals surface area contributed by atoms with Gasteiger partial charge in [0.1, 0.15) is 6.04 Å². The molecule has 1 aromatic rings. The lowest BCUT2D eigenvalue weighted by atomic mass is 9.98. The zero-order chi connectivity index (χ0) is 22.4. The van der Waals surface area contributed by atoms with Crippen LogP contribution in [-0.4, -0.2) is 49.2 Å². The summed E-state index contributed by atoms with van der Waals surface area (Å²) < 4.78 is 26.8. The molecule has 0 bridgehead atoms. The van der Waals surface area contributed by atoms with Gasteiger partial charge >= 0.3 is 0 Å². The zero-order valence-electron chi connectivity index (χ0n) is 18.6. The summed E-state index contributed by atoms with van der Waals surface area (Å²) >= 11 is 0. The molecule has 0 radical (unpaired) electrons. The van der Waals surface area contributed by atoms with E-state index < -0.39 is 22.0 Å². The molecule has 0 heterocycles. The number of rotatable bonds is 10. The second-order valence-electron chi connectivity index (χ2n) is 8.04. The summed E-state index contributed by atoms with van der Waals surface area (Å²) in [6.07, 6.45) is 0.753. The van der Waals surface area contributed by atoms with Crippen molar-refractivity contribution in [1.29, 1.82) is 0 Å². The van der Waals surface area contributed by atoms with Gasteiger partial charge in [-0.15, -0.1) is 0 Å². The molecule has 1 rings (SSSR count). The largest absolute Gasteiger partial charge is 0.349 e. The average Bonchev–Trinajstić information content (AvgIpc) is 2.66. The summed E-state index contributed by atoms with van der Waals surface area (Å²) in [6.45, 7) is 13.7. The Hall–Kier alpha value is -1.93. The van der Waals surface area contributed by atoms with Gasteiger partial charge in [0, 0.05) is 24.2 Å². The number of hydrogen-bond donors (Lipinski definition) is 2. The molecular formula is C21H35N3O4S. The fraction of sp³-hybridized carbons (Fsp3) is 0.619. The highest BCUT2D eigenvalue weighted by Gasteiger charge is 2.29. The van der Waals surface area contributed by atoms with E-state index in [9.17, 15) is 18.0 Å². The Kier molecular flexibility index (Phi) is 8.84. The van der Waals surface area contributed by atoms with Crippen LogP contribution >= 0.6 is 0 Å². The van der Waals surface area contributed by atoms with E-state index in [1.165, 1.54) is 22.5 Å². The molecule has 0 saturated carbocycles. The fourth-order valence-corrected chi connectivity index (χ4v) is 4.27. The smallest absolute Gasteiger partial charge is 0.251 e. The van der Waals surface area contributed by atoms with Gasteiger partial charge in [-0.05, 0) is 44.4 Å². The first-order chi connectivity index (χ1) is 13.4. The summed E-state index contributed by atoms with van der Waals surface area (Å²) in [6, 6.07) is 5.18. The van der Waals surface area contributed by atoms with E-state index in [-0.39, 0.29) is 27.8 Å². The summed E-state index contributed by atoms with van der Waals surface area (Å²) in [4.78, 5) is 25.5. The van der Waals surface area contributed by atoms with Gasteiger partial charge in [-0.1, -0.05) is 40.7 Å². The molecule has 2 N–H and O–H groups in total. The topological polar surface area (TPSA) is 95.6 Å². The third kappa shape index (κ3) is 6.54. The first-order valence-electron chi connectivity index (χ1n) is 10.1. The number of benzene rings is 1. The third-order valence-electron chi connectivity index (χ3n) is 5.02. The van der Waals surface area contributed by atoms with E-state index in [1.807, 2.05) is 34.6 Å². The minimum atomic E-state index is -3.67. The maximum absolute atomic E-state index is 12.8. The lowest BCUT2D eigenvalue weighted by molar-refractivity contribution is -0.125. The highest BCUT2D eigenvalue weighted by atomic mass is 32.2. The van der Waals surface area contributed by atoms with E-state index >= 15 is 0 Å². The third-order valence-corrected chi connectivity index (χ3v) is 7.07. The molecule has 0 saturated heterocycles. The predicted molar refractivity (Wildman–Crippen MR) is 115 cm³/mol. The van der Waals surface area contributed by atoms with Crippen LogP contribution in [0.3, 0.4) is 0 Å². The number of nitrogens with zero attached hydrogens (tertiary/aromatic N) is 1. The number of sulfonamides is 1. The molecule has 29 heavy (non-hydrogen) atoms. The molecule has 8 heteroatoms. The molecular weight excluding hydrogens is 390 g/mol. The molecule has 1 atom stereocenters. The Bertz CT molecular complexity index is 815. The first-order valence-corrected chi connectivity index (χ1v) is 11.6. The summed E-state index contributed by atoms with van der Waals surface area (Å²) in [7, 11) is -3.67. The summed E-state index contributed by atoms with van der Waals surface area (Å²) in [5.41, 5.74) is -0.182. The Balaban J connectivity index is 3.10. The molecule has 0 aliphatic heterocycles. The molecule has 0 aliphatic carbocycles.